The fourth-order valence-corrected chi connectivity index (χ4v) is 7.84. The monoisotopic (exact) mass is 667 g/mol. The lowest BCUT2D eigenvalue weighted by atomic mass is 9.98. The van der Waals surface area contributed by atoms with E-state index in [1.165, 1.54) is 21.5 Å². The summed E-state index contributed by atoms with van der Waals surface area (Å²) >= 11 is 0. The van der Waals surface area contributed by atoms with E-state index < -0.39 is 0 Å². The molecule has 0 fully saturated rings. The van der Waals surface area contributed by atoms with Gasteiger partial charge in [-0.25, -0.2) is 9.98 Å². The van der Waals surface area contributed by atoms with E-state index in [-0.39, 0.29) is 6.17 Å². The lowest BCUT2D eigenvalue weighted by Crippen LogP contribution is -2.33. The average molecular weight is 668 g/mol. The van der Waals surface area contributed by atoms with Crippen molar-refractivity contribution >= 4 is 77.1 Å². The molecule has 11 rings (SSSR count). The number of benzene rings is 8. The molecule has 2 aromatic heterocycles. The Balaban J connectivity index is 1.06. The van der Waals surface area contributed by atoms with E-state index in [0.717, 1.165) is 77.5 Å². The third-order valence-electron chi connectivity index (χ3n) is 10.3. The highest BCUT2D eigenvalue weighted by molar-refractivity contribution is 6.22. The van der Waals surface area contributed by atoms with E-state index >= 15 is 0 Å². The first-order valence-corrected chi connectivity index (χ1v) is 17.5. The van der Waals surface area contributed by atoms with Crippen LogP contribution in [-0.2, 0) is 0 Å². The largest absolute Gasteiger partial charge is 0.456 e. The molecule has 0 amide bonds. The molecule has 0 spiro atoms. The van der Waals surface area contributed by atoms with Crippen LogP contribution in [0.5, 0.6) is 0 Å². The molecular formula is C47H29N3O2. The molecule has 1 aliphatic rings. The maximum atomic E-state index is 6.57. The minimum absolute atomic E-state index is 0.345. The third kappa shape index (κ3) is 4.49. The van der Waals surface area contributed by atoms with Gasteiger partial charge in [0.15, 0.2) is 5.84 Å². The molecule has 0 aliphatic carbocycles. The summed E-state index contributed by atoms with van der Waals surface area (Å²) in [5, 5.41) is 12.7. The van der Waals surface area contributed by atoms with Gasteiger partial charge in [-0.3, -0.25) is 0 Å². The van der Waals surface area contributed by atoms with Crippen molar-refractivity contribution in [1.29, 1.82) is 0 Å². The van der Waals surface area contributed by atoms with Gasteiger partial charge in [0, 0.05) is 38.2 Å². The molecule has 0 saturated carbocycles. The van der Waals surface area contributed by atoms with Crippen molar-refractivity contribution in [2.24, 2.45) is 9.98 Å². The zero-order valence-corrected chi connectivity index (χ0v) is 27.9. The molecule has 1 aliphatic heterocycles. The molecule has 1 N–H and O–H groups in total. The number of hydrogen-bond acceptors (Lipinski definition) is 5. The smallest absolute Gasteiger partial charge is 0.160 e. The summed E-state index contributed by atoms with van der Waals surface area (Å²) in [5.74, 6) is 1.44. The molecule has 5 heteroatoms. The number of nitrogens with zero attached hydrogens (tertiary/aromatic N) is 2. The lowest BCUT2D eigenvalue weighted by Gasteiger charge is -2.24. The minimum Gasteiger partial charge on any atom is -0.456 e. The Morgan fingerprint density at radius 1 is 0.462 bits per heavy atom. The highest BCUT2D eigenvalue weighted by Gasteiger charge is 2.24. The molecule has 0 saturated heterocycles. The van der Waals surface area contributed by atoms with Crippen molar-refractivity contribution < 1.29 is 8.83 Å². The molecule has 1 unspecified atom stereocenters. The lowest BCUT2D eigenvalue weighted by molar-refractivity contribution is 0.668. The van der Waals surface area contributed by atoms with Gasteiger partial charge in [-0.2, -0.15) is 0 Å². The first kappa shape index (κ1) is 28.8. The van der Waals surface area contributed by atoms with Gasteiger partial charge in [-0.15, -0.1) is 0 Å². The average Bonchev–Trinajstić information content (AvgIpc) is 3.79. The van der Waals surface area contributed by atoms with Crippen molar-refractivity contribution in [1.82, 2.24) is 5.32 Å². The molecule has 0 bridgehead atoms. The zero-order valence-electron chi connectivity index (χ0n) is 27.9. The van der Waals surface area contributed by atoms with Crippen LogP contribution in [0, 0.1) is 0 Å². The van der Waals surface area contributed by atoms with Crippen LogP contribution in [0.1, 0.15) is 22.9 Å². The molecule has 5 nitrogen and oxygen atoms in total. The number of nitrogens with one attached hydrogen (secondary N) is 1. The van der Waals surface area contributed by atoms with Gasteiger partial charge in [0.1, 0.15) is 34.3 Å². The first-order valence-electron chi connectivity index (χ1n) is 17.5. The van der Waals surface area contributed by atoms with E-state index in [2.05, 4.69) is 121 Å². The number of aliphatic imine (C=N–C) groups is 2. The summed E-state index contributed by atoms with van der Waals surface area (Å²) in [7, 11) is 0. The molecule has 8 aromatic carbocycles. The second kappa shape index (κ2) is 11.3. The Kier molecular flexibility index (Phi) is 6.25. The van der Waals surface area contributed by atoms with Crippen LogP contribution in [0.25, 0.3) is 76.5 Å². The summed E-state index contributed by atoms with van der Waals surface area (Å²) in [6, 6.07) is 56.9. The van der Waals surface area contributed by atoms with Crippen LogP contribution in [0.15, 0.2) is 183 Å². The summed E-state index contributed by atoms with van der Waals surface area (Å²) in [6.07, 6.45) is -0.345. The zero-order chi connectivity index (χ0) is 34.2. The van der Waals surface area contributed by atoms with Crippen molar-refractivity contribution in [2.45, 2.75) is 6.17 Å². The number of fused-ring (bicyclic) bond motifs is 9. The molecular weight excluding hydrogens is 639 g/mol. The topological polar surface area (TPSA) is 63.0 Å². The summed E-state index contributed by atoms with van der Waals surface area (Å²) < 4.78 is 12.9. The van der Waals surface area contributed by atoms with E-state index in [4.69, 9.17) is 18.8 Å². The number of rotatable bonds is 4. The van der Waals surface area contributed by atoms with Crippen LogP contribution in [0.4, 0.5) is 0 Å². The third-order valence-corrected chi connectivity index (χ3v) is 10.3. The standard InChI is InChI=1S/C47H29N3O2/c1-2-11-29(12-3-1)45-48-46(32-23-24-34-30(26-32)21-20-28-10-4-5-13-33(28)34)50-47(49-45)39-17-9-19-41-43(39)38-25-22-31(27-42(38)51-41)35-15-8-16-37-36-14-6-7-18-40(36)52-44(35)37/h1-27,46H,(H,48,49,50). The Morgan fingerprint density at radius 2 is 1.19 bits per heavy atom. The van der Waals surface area contributed by atoms with Crippen LogP contribution in [0.2, 0.25) is 0 Å². The van der Waals surface area contributed by atoms with Crippen molar-refractivity contribution in [3.63, 3.8) is 0 Å². The predicted octanol–water partition coefficient (Wildman–Crippen LogP) is 12.0. The van der Waals surface area contributed by atoms with Crippen LogP contribution < -0.4 is 5.32 Å². The molecule has 244 valence electrons. The maximum absolute atomic E-state index is 6.57. The number of furan rings is 2. The Labute approximate surface area is 298 Å². The van der Waals surface area contributed by atoms with Crippen molar-refractivity contribution in [3.8, 4) is 11.1 Å². The van der Waals surface area contributed by atoms with Crippen LogP contribution in [0.3, 0.4) is 0 Å². The first-order chi connectivity index (χ1) is 25.7. The quantitative estimate of drug-likeness (QED) is 0.190. The van der Waals surface area contributed by atoms with Crippen LogP contribution in [-0.4, -0.2) is 11.7 Å². The highest BCUT2D eigenvalue weighted by Crippen LogP contribution is 2.39. The van der Waals surface area contributed by atoms with E-state index in [1.807, 2.05) is 48.5 Å². The molecule has 10 aromatic rings. The summed E-state index contributed by atoms with van der Waals surface area (Å²) in [6.45, 7) is 0. The predicted molar refractivity (Wildman–Crippen MR) is 213 cm³/mol. The van der Waals surface area contributed by atoms with Gasteiger partial charge in [-0.05, 0) is 63.0 Å². The summed E-state index contributed by atoms with van der Waals surface area (Å²) in [5.41, 5.74) is 8.40. The number of amidine groups is 2. The molecule has 0 radical (unpaired) electrons. The van der Waals surface area contributed by atoms with Gasteiger partial charge in [0.05, 0.1) is 0 Å². The van der Waals surface area contributed by atoms with Gasteiger partial charge < -0.3 is 14.2 Å². The highest BCUT2D eigenvalue weighted by atomic mass is 16.3. The van der Waals surface area contributed by atoms with Crippen LogP contribution >= 0.6 is 0 Å². The van der Waals surface area contributed by atoms with E-state index in [1.54, 1.807) is 0 Å². The number of para-hydroxylation sites is 2. The Hall–Kier alpha value is -6.98. The fourth-order valence-electron chi connectivity index (χ4n) is 7.84. The van der Waals surface area contributed by atoms with E-state index in [0.29, 0.717) is 5.84 Å². The van der Waals surface area contributed by atoms with Crippen molar-refractivity contribution in [3.05, 3.63) is 180 Å². The SMILES string of the molecule is c1ccc(C2=NC(c3cccc4oc5cc(-c6cccc7c6oc6ccccc67)ccc5c34)=NC(c3ccc4c(ccc5ccccc54)c3)N2)cc1. The number of hydrogen-bond donors (Lipinski definition) is 1. The van der Waals surface area contributed by atoms with Gasteiger partial charge in [0.2, 0.25) is 0 Å². The normalized spacial score (nSPS) is 14.7. The van der Waals surface area contributed by atoms with Gasteiger partial charge >= 0.3 is 0 Å². The Morgan fingerprint density at radius 3 is 2.13 bits per heavy atom. The Bertz CT molecular complexity index is 3110. The molecule has 3 heterocycles. The molecule has 1 atom stereocenters. The summed E-state index contributed by atoms with van der Waals surface area (Å²) in [4.78, 5) is 10.4. The fraction of sp³-hybridized carbons (Fsp3) is 0.0213. The van der Waals surface area contributed by atoms with Gasteiger partial charge in [-0.1, -0.05) is 133 Å². The second-order valence-corrected chi connectivity index (χ2v) is 13.4. The molecule has 52 heavy (non-hydrogen) atoms. The maximum Gasteiger partial charge on any atom is 0.160 e. The van der Waals surface area contributed by atoms with E-state index in [9.17, 15) is 0 Å². The minimum atomic E-state index is -0.345. The second-order valence-electron chi connectivity index (χ2n) is 13.4. The van der Waals surface area contributed by atoms with Gasteiger partial charge in [0.25, 0.3) is 0 Å². The van der Waals surface area contributed by atoms with Crippen molar-refractivity contribution in [2.75, 3.05) is 0 Å².